The first-order valence-electron chi connectivity index (χ1n) is 9.55. The largest absolute Gasteiger partial charge is 0.480 e. The second-order valence-electron chi connectivity index (χ2n) is 7.07. The van der Waals surface area contributed by atoms with E-state index in [1.807, 2.05) is 39.0 Å². The zero-order valence-corrected chi connectivity index (χ0v) is 17.5. The Morgan fingerprint density at radius 1 is 1.15 bits per heavy atom. The van der Waals surface area contributed by atoms with Crippen molar-refractivity contribution >= 4 is 5.57 Å². The van der Waals surface area contributed by atoms with Crippen LogP contribution in [0, 0.1) is 19.8 Å². The van der Waals surface area contributed by atoms with Crippen LogP contribution in [0.3, 0.4) is 0 Å². The average molecular weight is 370 g/mol. The number of ether oxygens (including phenoxy) is 1. The van der Waals surface area contributed by atoms with Crippen molar-refractivity contribution in [3.63, 3.8) is 0 Å². The number of rotatable bonds is 7. The van der Waals surface area contributed by atoms with E-state index in [1.165, 1.54) is 0 Å². The molecule has 1 N–H and O–H groups in total. The minimum Gasteiger partial charge on any atom is -0.480 e. The maximum absolute atomic E-state index is 9.71. The second-order valence-corrected chi connectivity index (χ2v) is 7.07. The van der Waals surface area contributed by atoms with E-state index in [1.54, 1.807) is 7.11 Å². The molecular weight excluding hydrogens is 338 g/mol. The fourth-order valence-corrected chi connectivity index (χ4v) is 3.26. The van der Waals surface area contributed by atoms with E-state index in [0.717, 1.165) is 46.0 Å². The number of methoxy groups -OCH3 is 1. The number of aromatic nitrogens is 3. The normalized spacial score (nSPS) is 13.1. The summed E-state index contributed by atoms with van der Waals surface area (Å²) in [4.78, 5) is 14.3. The molecule has 0 bridgehead atoms. The Bertz CT molecular complexity index is 825. The van der Waals surface area contributed by atoms with E-state index in [-0.39, 0.29) is 12.5 Å². The Morgan fingerprint density at radius 3 is 2.37 bits per heavy atom. The van der Waals surface area contributed by atoms with Crippen molar-refractivity contribution in [1.82, 2.24) is 15.0 Å². The summed E-state index contributed by atoms with van der Waals surface area (Å²) in [5.41, 5.74) is 6.16. The quantitative estimate of drug-likeness (QED) is 0.765. The SMILES string of the molecule is C/C=C(\c1nc(C)c(-c2ccc(C(C)C)nc2OC)nc1C)[C@@H](CC)CO. The molecule has 27 heavy (non-hydrogen) atoms. The third kappa shape index (κ3) is 4.35. The van der Waals surface area contributed by atoms with Crippen molar-refractivity contribution in [1.29, 1.82) is 0 Å². The monoisotopic (exact) mass is 369 g/mol. The van der Waals surface area contributed by atoms with Crippen LogP contribution in [0.5, 0.6) is 5.88 Å². The van der Waals surface area contributed by atoms with Crippen LogP contribution in [-0.4, -0.2) is 33.8 Å². The zero-order chi connectivity index (χ0) is 20.1. The molecular formula is C22H31N3O2. The molecule has 0 radical (unpaired) electrons. The summed E-state index contributed by atoms with van der Waals surface area (Å²) in [6.45, 7) is 12.3. The molecule has 0 fully saturated rings. The molecule has 0 aliphatic carbocycles. The molecule has 5 nitrogen and oxygen atoms in total. The Kier molecular flexibility index (Phi) is 7.08. The Balaban J connectivity index is 2.58. The molecule has 0 spiro atoms. The molecule has 0 amide bonds. The lowest BCUT2D eigenvalue weighted by Crippen LogP contribution is -2.12. The summed E-state index contributed by atoms with van der Waals surface area (Å²) in [5, 5.41) is 9.71. The molecule has 146 valence electrons. The highest BCUT2D eigenvalue weighted by molar-refractivity contribution is 5.71. The van der Waals surface area contributed by atoms with Gasteiger partial charge in [-0.1, -0.05) is 26.8 Å². The highest BCUT2D eigenvalue weighted by Crippen LogP contribution is 2.33. The molecule has 0 saturated carbocycles. The molecule has 2 aromatic heterocycles. The van der Waals surface area contributed by atoms with Gasteiger partial charge in [-0.25, -0.2) is 15.0 Å². The molecule has 0 unspecified atom stereocenters. The number of aryl methyl sites for hydroxylation is 2. The maximum atomic E-state index is 9.71. The van der Waals surface area contributed by atoms with Crippen LogP contribution in [0.1, 0.15) is 62.8 Å². The fourth-order valence-electron chi connectivity index (χ4n) is 3.26. The number of allylic oxidation sites excluding steroid dienone is 1. The maximum Gasteiger partial charge on any atom is 0.222 e. The summed E-state index contributed by atoms with van der Waals surface area (Å²) in [5.74, 6) is 0.958. The van der Waals surface area contributed by atoms with Crippen LogP contribution in [-0.2, 0) is 0 Å². The number of hydrogen-bond donors (Lipinski definition) is 1. The predicted molar refractivity (Wildman–Crippen MR) is 110 cm³/mol. The van der Waals surface area contributed by atoms with Crippen molar-refractivity contribution in [2.24, 2.45) is 5.92 Å². The van der Waals surface area contributed by atoms with Gasteiger partial charge in [-0.05, 0) is 50.8 Å². The predicted octanol–water partition coefficient (Wildman–Crippen LogP) is 4.71. The molecule has 0 aliphatic rings. The zero-order valence-electron chi connectivity index (χ0n) is 17.5. The third-order valence-corrected chi connectivity index (χ3v) is 4.90. The van der Waals surface area contributed by atoms with Gasteiger partial charge in [0.1, 0.15) is 0 Å². The van der Waals surface area contributed by atoms with E-state index < -0.39 is 0 Å². The van der Waals surface area contributed by atoms with Gasteiger partial charge in [-0.2, -0.15) is 0 Å². The third-order valence-electron chi connectivity index (χ3n) is 4.90. The van der Waals surface area contributed by atoms with Crippen molar-refractivity contribution in [3.8, 4) is 17.1 Å². The van der Waals surface area contributed by atoms with Crippen LogP contribution in [0.2, 0.25) is 0 Å². The Labute approximate surface area is 162 Å². The van der Waals surface area contributed by atoms with E-state index in [0.29, 0.717) is 11.8 Å². The second kappa shape index (κ2) is 9.09. The lowest BCUT2D eigenvalue weighted by molar-refractivity contribution is 0.254. The Morgan fingerprint density at radius 2 is 1.85 bits per heavy atom. The van der Waals surface area contributed by atoms with Crippen LogP contribution in [0.4, 0.5) is 0 Å². The van der Waals surface area contributed by atoms with E-state index >= 15 is 0 Å². The van der Waals surface area contributed by atoms with Gasteiger partial charge in [-0.3, -0.25) is 0 Å². The molecule has 0 aromatic carbocycles. The highest BCUT2D eigenvalue weighted by Gasteiger charge is 2.20. The van der Waals surface area contributed by atoms with Gasteiger partial charge in [-0.15, -0.1) is 0 Å². The summed E-state index contributed by atoms with van der Waals surface area (Å²) in [6, 6.07) is 4.03. The minimum absolute atomic E-state index is 0.0646. The summed E-state index contributed by atoms with van der Waals surface area (Å²) >= 11 is 0. The number of aliphatic hydroxyl groups is 1. The lowest BCUT2D eigenvalue weighted by Gasteiger charge is -2.19. The Hall–Kier alpha value is -2.27. The molecule has 0 aliphatic heterocycles. The fraction of sp³-hybridized carbons (Fsp3) is 0.500. The van der Waals surface area contributed by atoms with Gasteiger partial charge in [0.2, 0.25) is 5.88 Å². The molecule has 1 atom stereocenters. The molecule has 2 aromatic rings. The van der Waals surface area contributed by atoms with Gasteiger partial charge in [0, 0.05) is 18.2 Å². The van der Waals surface area contributed by atoms with Crippen molar-refractivity contribution < 1.29 is 9.84 Å². The molecule has 5 heteroatoms. The molecule has 0 saturated heterocycles. The van der Waals surface area contributed by atoms with Crippen LogP contribution in [0.15, 0.2) is 18.2 Å². The van der Waals surface area contributed by atoms with E-state index in [9.17, 15) is 5.11 Å². The number of pyridine rings is 1. The van der Waals surface area contributed by atoms with Crippen LogP contribution in [0.25, 0.3) is 16.8 Å². The highest BCUT2D eigenvalue weighted by atomic mass is 16.5. The van der Waals surface area contributed by atoms with Crippen LogP contribution >= 0.6 is 0 Å². The summed E-state index contributed by atoms with van der Waals surface area (Å²) in [7, 11) is 1.63. The summed E-state index contributed by atoms with van der Waals surface area (Å²) < 4.78 is 5.53. The lowest BCUT2D eigenvalue weighted by atomic mass is 9.92. The van der Waals surface area contributed by atoms with Crippen molar-refractivity contribution in [3.05, 3.63) is 41.0 Å². The first kappa shape index (κ1) is 21.0. The number of nitrogens with zero attached hydrogens (tertiary/aromatic N) is 3. The van der Waals surface area contributed by atoms with Gasteiger partial charge in [0.05, 0.1) is 35.4 Å². The number of aliphatic hydroxyl groups excluding tert-OH is 1. The minimum atomic E-state index is 0.0646. The standard InChI is InChI=1S/C22H31N3O2/c1-8-16(12-26)17(9-2)20-14(5)24-21(15(6)23-20)18-10-11-19(13(3)4)25-22(18)27-7/h9-11,13,16,26H,8,12H2,1-7H3/b17-9-/t16-/m0/s1. The van der Waals surface area contributed by atoms with Gasteiger partial charge in [0.25, 0.3) is 0 Å². The van der Waals surface area contributed by atoms with E-state index in [4.69, 9.17) is 14.7 Å². The van der Waals surface area contributed by atoms with Gasteiger partial charge < -0.3 is 9.84 Å². The molecule has 2 rings (SSSR count). The van der Waals surface area contributed by atoms with Crippen molar-refractivity contribution in [2.75, 3.05) is 13.7 Å². The summed E-state index contributed by atoms with van der Waals surface area (Å²) in [6.07, 6.45) is 2.88. The smallest absolute Gasteiger partial charge is 0.222 e. The average Bonchev–Trinajstić information content (AvgIpc) is 2.67. The van der Waals surface area contributed by atoms with Gasteiger partial charge in [0.15, 0.2) is 0 Å². The molecule has 2 heterocycles. The number of hydrogen-bond acceptors (Lipinski definition) is 5. The van der Waals surface area contributed by atoms with E-state index in [2.05, 4.69) is 25.8 Å². The van der Waals surface area contributed by atoms with Crippen LogP contribution < -0.4 is 4.74 Å². The first-order chi connectivity index (χ1) is 12.9. The first-order valence-corrected chi connectivity index (χ1v) is 9.55. The topological polar surface area (TPSA) is 68.1 Å². The van der Waals surface area contributed by atoms with Gasteiger partial charge >= 0.3 is 0 Å². The van der Waals surface area contributed by atoms with Crippen molar-refractivity contribution in [2.45, 2.75) is 53.9 Å².